The van der Waals surface area contributed by atoms with Crippen molar-refractivity contribution in [3.05, 3.63) is 54.0 Å². The van der Waals surface area contributed by atoms with Crippen LogP contribution in [0.25, 0.3) is 0 Å². The van der Waals surface area contributed by atoms with E-state index in [0.29, 0.717) is 0 Å². The van der Waals surface area contributed by atoms with Gasteiger partial charge in [0.1, 0.15) is 5.75 Å². The van der Waals surface area contributed by atoms with Crippen LogP contribution in [0.3, 0.4) is 0 Å². The van der Waals surface area contributed by atoms with E-state index in [1.54, 1.807) is 19.6 Å². The first kappa shape index (κ1) is 12.7. The monoisotopic (exact) mass is 246 g/mol. The molecule has 1 unspecified atom stereocenters. The van der Waals surface area contributed by atoms with Crippen LogP contribution in [0.5, 0.6) is 5.75 Å². The van der Waals surface area contributed by atoms with Crippen LogP contribution in [-0.2, 0) is 12.8 Å². The number of aliphatic hydroxyl groups is 1. The molecule has 2 rings (SSSR count). The van der Waals surface area contributed by atoms with Gasteiger partial charge in [-0.2, -0.15) is 0 Å². The fourth-order valence-corrected chi connectivity index (χ4v) is 2.13. The van der Waals surface area contributed by atoms with Crippen molar-refractivity contribution in [2.45, 2.75) is 12.8 Å². The highest BCUT2D eigenvalue weighted by molar-refractivity contribution is 5.33. The highest BCUT2D eigenvalue weighted by atomic mass is 16.5. The van der Waals surface area contributed by atoms with Gasteiger partial charge in [-0.05, 0) is 42.0 Å². The first-order chi connectivity index (χ1) is 8.83. The minimum atomic E-state index is 0.156. The fraction of sp³-hybridized carbons (Fsp3) is 0.333. The van der Waals surface area contributed by atoms with Gasteiger partial charge in [0.05, 0.1) is 19.6 Å². The number of aliphatic hydroxyl groups excluding tert-OH is 1. The number of para-hydroxylation sites is 1. The van der Waals surface area contributed by atoms with Crippen molar-refractivity contribution in [2.24, 2.45) is 5.92 Å². The van der Waals surface area contributed by atoms with E-state index < -0.39 is 0 Å². The minimum absolute atomic E-state index is 0.156. The molecule has 0 saturated carbocycles. The maximum absolute atomic E-state index is 9.48. The van der Waals surface area contributed by atoms with Gasteiger partial charge in [0, 0.05) is 6.61 Å². The lowest BCUT2D eigenvalue weighted by molar-refractivity contribution is 0.224. The Morgan fingerprint density at radius 3 is 2.72 bits per heavy atom. The zero-order valence-corrected chi connectivity index (χ0v) is 10.5. The van der Waals surface area contributed by atoms with E-state index in [9.17, 15) is 5.11 Å². The Labute approximate surface area is 107 Å². The summed E-state index contributed by atoms with van der Waals surface area (Å²) in [6, 6.07) is 9.86. The standard InChI is InChI=1S/C15H18O3/c1-17-15-5-3-2-4-14(15)9-13(10-16)8-12-6-7-18-11-12/h2-7,11,13,16H,8-10H2,1H3. The molecule has 0 saturated heterocycles. The smallest absolute Gasteiger partial charge is 0.122 e. The maximum atomic E-state index is 9.48. The Bertz CT molecular complexity index is 462. The largest absolute Gasteiger partial charge is 0.496 e. The highest BCUT2D eigenvalue weighted by Gasteiger charge is 2.13. The second kappa shape index (κ2) is 6.26. The van der Waals surface area contributed by atoms with Crippen LogP contribution >= 0.6 is 0 Å². The zero-order chi connectivity index (χ0) is 12.8. The molecule has 0 radical (unpaired) electrons. The van der Waals surface area contributed by atoms with Crippen molar-refractivity contribution in [1.82, 2.24) is 0 Å². The van der Waals surface area contributed by atoms with Crippen LogP contribution in [0.2, 0.25) is 0 Å². The van der Waals surface area contributed by atoms with Crippen LogP contribution in [0, 0.1) is 5.92 Å². The van der Waals surface area contributed by atoms with Gasteiger partial charge >= 0.3 is 0 Å². The molecule has 0 amide bonds. The molecule has 0 aliphatic rings. The third-order valence-corrected chi connectivity index (χ3v) is 3.06. The quantitative estimate of drug-likeness (QED) is 0.852. The Morgan fingerprint density at radius 2 is 2.06 bits per heavy atom. The summed E-state index contributed by atoms with van der Waals surface area (Å²) in [5.74, 6) is 1.06. The van der Waals surface area contributed by atoms with Gasteiger partial charge in [-0.3, -0.25) is 0 Å². The first-order valence-electron chi connectivity index (χ1n) is 6.07. The molecule has 3 heteroatoms. The number of hydrogen-bond donors (Lipinski definition) is 1. The van der Waals surface area contributed by atoms with E-state index in [4.69, 9.17) is 9.15 Å². The number of furan rings is 1. The van der Waals surface area contributed by atoms with Crippen molar-refractivity contribution < 1.29 is 14.3 Å². The Kier molecular flexibility index (Phi) is 4.42. The van der Waals surface area contributed by atoms with E-state index in [1.807, 2.05) is 30.3 Å². The lowest BCUT2D eigenvalue weighted by Gasteiger charge is -2.15. The molecular weight excluding hydrogens is 228 g/mol. The van der Waals surface area contributed by atoms with E-state index >= 15 is 0 Å². The summed E-state index contributed by atoms with van der Waals surface area (Å²) in [6.45, 7) is 0.156. The second-order valence-electron chi connectivity index (χ2n) is 4.40. The molecule has 1 atom stereocenters. The zero-order valence-electron chi connectivity index (χ0n) is 10.5. The Balaban J connectivity index is 2.05. The molecule has 3 nitrogen and oxygen atoms in total. The van der Waals surface area contributed by atoms with Gasteiger partial charge in [-0.1, -0.05) is 18.2 Å². The van der Waals surface area contributed by atoms with E-state index in [2.05, 4.69) is 0 Å². The third kappa shape index (κ3) is 3.14. The molecule has 1 heterocycles. The summed E-state index contributed by atoms with van der Waals surface area (Å²) in [5.41, 5.74) is 2.24. The molecule has 0 spiro atoms. The van der Waals surface area contributed by atoms with Gasteiger partial charge < -0.3 is 14.3 Å². The summed E-state index contributed by atoms with van der Waals surface area (Å²) in [7, 11) is 1.67. The number of methoxy groups -OCH3 is 1. The van der Waals surface area contributed by atoms with Gasteiger partial charge in [-0.25, -0.2) is 0 Å². The fourth-order valence-electron chi connectivity index (χ4n) is 2.13. The minimum Gasteiger partial charge on any atom is -0.496 e. The number of ether oxygens (including phenoxy) is 1. The molecule has 96 valence electrons. The predicted molar refractivity (Wildman–Crippen MR) is 69.7 cm³/mol. The summed E-state index contributed by atoms with van der Waals surface area (Å²) in [4.78, 5) is 0. The summed E-state index contributed by atoms with van der Waals surface area (Å²) >= 11 is 0. The lowest BCUT2D eigenvalue weighted by atomic mass is 9.94. The lowest BCUT2D eigenvalue weighted by Crippen LogP contribution is -2.13. The van der Waals surface area contributed by atoms with E-state index in [-0.39, 0.29) is 12.5 Å². The average molecular weight is 246 g/mol. The molecule has 0 aliphatic carbocycles. The van der Waals surface area contributed by atoms with Crippen LogP contribution in [-0.4, -0.2) is 18.8 Å². The van der Waals surface area contributed by atoms with Crippen LogP contribution in [0.15, 0.2) is 47.3 Å². The number of rotatable bonds is 6. The van der Waals surface area contributed by atoms with Gasteiger partial charge in [0.2, 0.25) is 0 Å². The van der Waals surface area contributed by atoms with Crippen LogP contribution in [0.1, 0.15) is 11.1 Å². The summed E-state index contributed by atoms with van der Waals surface area (Å²) in [5, 5.41) is 9.48. The molecule has 0 bridgehead atoms. The molecule has 1 aromatic carbocycles. The van der Waals surface area contributed by atoms with Crippen LogP contribution < -0.4 is 4.74 Å². The van der Waals surface area contributed by atoms with Crippen molar-refractivity contribution >= 4 is 0 Å². The molecular formula is C15H18O3. The SMILES string of the molecule is COc1ccccc1CC(CO)Cc1ccoc1. The number of benzene rings is 1. The third-order valence-electron chi connectivity index (χ3n) is 3.06. The Morgan fingerprint density at radius 1 is 1.22 bits per heavy atom. The molecule has 1 aromatic heterocycles. The van der Waals surface area contributed by atoms with Crippen molar-refractivity contribution in [2.75, 3.05) is 13.7 Å². The highest BCUT2D eigenvalue weighted by Crippen LogP contribution is 2.22. The van der Waals surface area contributed by atoms with Crippen LogP contribution in [0.4, 0.5) is 0 Å². The van der Waals surface area contributed by atoms with Crippen molar-refractivity contribution in [1.29, 1.82) is 0 Å². The summed E-state index contributed by atoms with van der Waals surface area (Å²) in [6.07, 6.45) is 4.99. The van der Waals surface area contributed by atoms with Gasteiger partial charge in [0.25, 0.3) is 0 Å². The summed E-state index contributed by atoms with van der Waals surface area (Å²) < 4.78 is 10.4. The average Bonchev–Trinajstić information content (AvgIpc) is 2.91. The molecule has 1 N–H and O–H groups in total. The molecule has 18 heavy (non-hydrogen) atoms. The predicted octanol–water partition coefficient (Wildman–Crippen LogP) is 2.68. The number of hydrogen-bond acceptors (Lipinski definition) is 3. The van der Waals surface area contributed by atoms with Gasteiger partial charge in [-0.15, -0.1) is 0 Å². The molecule has 0 aliphatic heterocycles. The maximum Gasteiger partial charge on any atom is 0.122 e. The van der Waals surface area contributed by atoms with E-state index in [0.717, 1.165) is 29.7 Å². The second-order valence-corrected chi connectivity index (χ2v) is 4.40. The first-order valence-corrected chi connectivity index (χ1v) is 6.07. The normalized spacial score (nSPS) is 12.3. The molecule has 2 aromatic rings. The van der Waals surface area contributed by atoms with E-state index in [1.165, 1.54) is 0 Å². The van der Waals surface area contributed by atoms with Crippen molar-refractivity contribution in [3.63, 3.8) is 0 Å². The molecule has 0 fully saturated rings. The topological polar surface area (TPSA) is 42.6 Å². The Hall–Kier alpha value is -1.74. The van der Waals surface area contributed by atoms with Crippen molar-refractivity contribution in [3.8, 4) is 5.75 Å². The van der Waals surface area contributed by atoms with Gasteiger partial charge in [0.15, 0.2) is 0 Å².